The maximum absolute atomic E-state index is 11.0. The summed E-state index contributed by atoms with van der Waals surface area (Å²) in [4.78, 5) is 13.5. The molecule has 0 unspecified atom stereocenters. The van der Waals surface area contributed by atoms with Crippen molar-refractivity contribution in [3.05, 3.63) is 0 Å². The van der Waals surface area contributed by atoms with Crippen LogP contribution < -0.4 is 11.1 Å². The zero-order valence-electron chi connectivity index (χ0n) is 12.2. The van der Waals surface area contributed by atoms with E-state index in [0.29, 0.717) is 6.04 Å². The van der Waals surface area contributed by atoms with E-state index < -0.39 is 0 Å². The molecule has 0 atom stereocenters. The van der Waals surface area contributed by atoms with E-state index in [1.54, 1.807) is 6.92 Å². The molecule has 0 aromatic rings. The molecule has 0 aromatic heterocycles. The van der Waals surface area contributed by atoms with Gasteiger partial charge < -0.3 is 16.0 Å². The average Bonchev–Trinajstić information content (AvgIpc) is 2.30. The molecule has 1 fully saturated rings. The van der Waals surface area contributed by atoms with Crippen LogP contribution in [0, 0.1) is 5.41 Å². The van der Waals surface area contributed by atoms with Crippen molar-refractivity contribution < 1.29 is 4.79 Å². The summed E-state index contributed by atoms with van der Waals surface area (Å²) in [6.07, 6.45) is 4.57. The van der Waals surface area contributed by atoms with Crippen molar-refractivity contribution in [3.63, 3.8) is 0 Å². The first kappa shape index (κ1) is 15.4. The second-order valence-electron chi connectivity index (χ2n) is 6.29. The van der Waals surface area contributed by atoms with E-state index in [0.717, 1.165) is 39.0 Å². The highest BCUT2D eigenvalue weighted by Gasteiger charge is 2.20. The van der Waals surface area contributed by atoms with Gasteiger partial charge >= 0.3 is 0 Å². The predicted molar refractivity (Wildman–Crippen MR) is 75.3 cm³/mol. The molecule has 18 heavy (non-hydrogen) atoms. The zero-order valence-corrected chi connectivity index (χ0v) is 12.2. The van der Waals surface area contributed by atoms with E-state index in [-0.39, 0.29) is 11.3 Å². The lowest BCUT2D eigenvalue weighted by Crippen LogP contribution is -2.44. The minimum Gasteiger partial charge on any atom is -0.354 e. The molecule has 0 saturated carbocycles. The molecule has 106 valence electrons. The van der Waals surface area contributed by atoms with Crippen LogP contribution in [0.1, 0.15) is 46.5 Å². The maximum Gasteiger partial charge on any atom is 0.217 e. The molecule has 0 bridgehead atoms. The third kappa shape index (κ3) is 5.83. The van der Waals surface area contributed by atoms with Gasteiger partial charge in [0.1, 0.15) is 0 Å². The van der Waals surface area contributed by atoms with Crippen LogP contribution >= 0.6 is 0 Å². The predicted octanol–water partition coefficient (Wildman–Crippen LogP) is 1.35. The molecule has 4 nitrogen and oxygen atoms in total. The molecule has 0 aromatic carbocycles. The third-order valence-corrected chi connectivity index (χ3v) is 3.88. The number of carbonyl (C=O) groups excluding carboxylic acids is 1. The monoisotopic (exact) mass is 255 g/mol. The highest BCUT2D eigenvalue weighted by molar-refractivity contribution is 5.73. The minimum atomic E-state index is 0.0955. The van der Waals surface area contributed by atoms with Crippen LogP contribution in [0.15, 0.2) is 0 Å². The lowest BCUT2D eigenvalue weighted by molar-refractivity contribution is -0.119. The van der Waals surface area contributed by atoms with Gasteiger partial charge in [-0.05, 0) is 44.2 Å². The van der Waals surface area contributed by atoms with Crippen LogP contribution in [0.4, 0.5) is 0 Å². The zero-order chi connectivity index (χ0) is 13.6. The van der Waals surface area contributed by atoms with Crippen LogP contribution in [0.3, 0.4) is 0 Å². The van der Waals surface area contributed by atoms with Crippen LogP contribution in [0.5, 0.6) is 0 Å². The molecule has 1 aliphatic heterocycles. The number of rotatable bonds is 6. The molecular formula is C14H29N3O. The molecular weight excluding hydrogens is 226 g/mol. The van der Waals surface area contributed by atoms with Crippen LogP contribution in [0.25, 0.3) is 0 Å². The Morgan fingerprint density at radius 2 is 2.00 bits per heavy atom. The van der Waals surface area contributed by atoms with E-state index in [1.807, 2.05) is 0 Å². The number of nitrogens with two attached hydrogens (primary N) is 1. The Hall–Kier alpha value is -0.610. The molecule has 1 aliphatic rings. The molecule has 1 amide bonds. The molecule has 3 N–H and O–H groups in total. The SMILES string of the molecule is CC(=O)NC1CCN(CCCC(C)(C)CN)CC1. The largest absolute Gasteiger partial charge is 0.354 e. The Labute approximate surface area is 111 Å². The van der Waals surface area contributed by atoms with Gasteiger partial charge in [0.15, 0.2) is 0 Å². The normalized spacial score (nSPS) is 18.9. The van der Waals surface area contributed by atoms with Crippen LogP contribution in [0.2, 0.25) is 0 Å². The lowest BCUT2D eigenvalue weighted by atomic mass is 9.88. The van der Waals surface area contributed by atoms with Gasteiger partial charge in [-0.2, -0.15) is 0 Å². The first-order valence-electron chi connectivity index (χ1n) is 7.12. The highest BCUT2D eigenvalue weighted by Crippen LogP contribution is 2.21. The van der Waals surface area contributed by atoms with Gasteiger partial charge in [-0.25, -0.2) is 0 Å². The van der Waals surface area contributed by atoms with Crippen molar-refractivity contribution in [2.45, 2.75) is 52.5 Å². The molecule has 0 aliphatic carbocycles. The summed E-state index contributed by atoms with van der Waals surface area (Å²) in [6.45, 7) is 10.2. The average molecular weight is 255 g/mol. The van der Waals surface area contributed by atoms with Gasteiger partial charge in [0.25, 0.3) is 0 Å². The Morgan fingerprint density at radius 1 is 1.39 bits per heavy atom. The number of amides is 1. The number of likely N-dealkylation sites (tertiary alicyclic amines) is 1. The van der Waals surface area contributed by atoms with E-state index in [4.69, 9.17) is 5.73 Å². The number of nitrogens with zero attached hydrogens (tertiary/aromatic N) is 1. The van der Waals surface area contributed by atoms with Crippen molar-refractivity contribution in [2.75, 3.05) is 26.2 Å². The number of hydrogen-bond acceptors (Lipinski definition) is 3. The molecule has 0 spiro atoms. The fraction of sp³-hybridized carbons (Fsp3) is 0.929. The fourth-order valence-electron chi connectivity index (χ4n) is 2.47. The van der Waals surface area contributed by atoms with Gasteiger partial charge in [-0.3, -0.25) is 4.79 Å². The lowest BCUT2D eigenvalue weighted by Gasteiger charge is -2.33. The van der Waals surface area contributed by atoms with Crippen molar-refractivity contribution in [2.24, 2.45) is 11.1 Å². The number of carbonyl (C=O) groups is 1. The Kier molecular flexibility index (Phi) is 6.09. The quantitative estimate of drug-likeness (QED) is 0.753. The summed E-state index contributed by atoms with van der Waals surface area (Å²) in [5.74, 6) is 0.0955. The second-order valence-corrected chi connectivity index (χ2v) is 6.29. The Bertz CT molecular complexity index is 258. The summed E-state index contributed by atoms with van der Waals surface area (Å²) in [6, 6.07) is 0.388. The van der Waals surface area contributed by atoms with Crippen molar-refractivity contribution in [1.82, 2.24) is 10.2 Å². The summed E-state index contributed by atoms with van der Waals surface area (Å²) in [7, 11) is 0. The van der Waals surface area contributed by atoms with Crippen LogP contribution in [-0.4, -0.2) is 43.0 Å². The smallest absolute Gasteiger partial charge is 0.217 e. The second kappa shape index (κ2) is 7.10. The van der Waals surface area contributed by atoms with Crippen LogP contribution in [-0.2, 0) is 4.79 Å². The first-order chi connectivity index (χ1) is 8.43. The summed E-state index contributed by atoms with van der Waals surface area (Å²) in [5.41, 5.74) is 6.01. The maximum atomic E-state index is 11.0. The number of hydrogen-bond donors (Lipinski definition) is 2. The van der Waals surface area contributed by atoms with Gasteiger partial charge in [0.05, 0.1) is 0 Å². The summed E-state index contributed by atoms with van der Waals surface area (Å²) in [5, 5.41) is 3.01. The molecule has 4 heteroatoms. The fourth-order valence-corrected chi connectivity index (χ4v) is 2.47. The van der Waals surface area contributed by atoms with Crippen molar-refractivity contribution >= 4 is 5.91 Å². The standard InChI is InChI=1S/C14H29N3O/c1-12(18)16-13-5-9-17(10-6-13)8-4-7-14(2,3)11-15/h13H,4-11,15H2,1-3H3,(H,16,18). The highest BCUT2D eigenvalue weighted by atomic mass is 16.1. The van der Waals surface area contributed by atoms with Gasteiger partial charge in [0, 0.05) is 26.1 Å². The molecule has 1 rings (SSSR count). The van der Waals surface area contributed by atoms with E-state index >= 15 is 0 Å². The van der Waals surface area contributed by atoms with E-state index in [2.05, 4.69) is 24.1 Å². The molecule has 1 saturated heterocycles. The number of piperidine rings is 1. The van der Waals surface area contributed by atoms with E-state index in [9.17, 15) is 4.79 Å². The number of nitrogens with one attached hydrogen (secondary N) is 1. The third-order valence-electron chi connectivity index (χ3n) is 3.88. The molecule has 1 heterocycles. The van der Waals surface area contributed by atoms with E-state index in [1.165, 1.54) is 12.8 Å². The summed E-state index contributed by atoms with van der Waals surface area (Å²) < 4.78 is 0. The Balaban J connectivity index is 2.14. The first-order valence-corrected chi connectivity index (χ1v) is 7.12. The van der Waals surface area contributed by atoms with Crippen molar-refractivity contribution in [1.29, 1.82) is 0 Å². The summed E-state index contributed by atoms with van der Waals surface area (Å²) >= 11 is 0. The van der Waals surface area contributed by atoms with Gasteiger partial charge in [0.2, 0.25) is 5.91 Å². The topological polar surface area (TPSA) is 58.4 Å². The van der Waals surface area contributed by atoms with Gasteiger partial charge in [-0.1, -0.05) is 13.8 Å². The Morgan fingerprint density at radius 3 is 2.50 bits per heavy atom. The van der Waals surface area contributed by atoms with Crippen molar-refractivity contribution in [3.8, 4) is 0 Å². The van der Waals surface area contributed by atoms with Gasteiger partial charge in [-0.15, -0.1) is 0 Å². The minimum absolute atomic E-state index is 0.0955. The molecule has 0 radical (unpaired) electrons.